The lowest BCUT2D eigenvalue weighted by molar-refractivity contribution is -0.384. The van der Waals surface area contributed by atoms with Crippen LogP contribution < -0.4 is 15.6 Å². The zero-order valence-corrected chi connectivity index (χ0v) is 23.4. The number of fused-ring (bicyclic) bond motifs is 2. The number of benzene rings is 2. The highest BCUT2D eigenvalue weighted by molar-refractivity contribution is 6.22. The first kappa shape index (κ1) is 28.2. The van der Waals surface area contributed by atoms with E-state index in [1.165, 1.54) is 35.4 Å². The van der Waals surface area contributed by atoms with Gasteiger partial charge in [0.25, 0.3) is 23.1 Å². The van der Waals surface area contributed by atoms with E-state index in [4.69, 9.17) is 4.74 Å². The Hall–Kier alpha value is -4.88. The molecule has 6 rings (SSSR count). The molecule has 43 heavy (non-hydrogen) atoms. The van der Waals surface area contributed by atoms with E-state index in [0.717, 1.165) is 31.5 Å². The molecule has 0 radical (unpaired) electrons. The average molecular weight is 587 g/mol. The van der Waals surface area contributed by atoms with Gasteiger partial charge in [-0.3, -0.25) is 34.4 Å². The van der Waals surface area contributed by atoms with Crippen molar-refractivity contribution in [1.82, 2.24) is 14.8 Å². The molecule has 222 valence electrons. The predicted octanol–water partition coefficient (Wildman–Crippen LogP) is 2.50. The average Bonchev–Trinajstić information content (AvgIpc) is 3.51. The molecule has 1 saturated heterocycles. The number of nitrogens with zero attached hydrogens (tertiary/aromatic N) is 4. The number of aliphatic hydroxyl groups excluding tert-OH is 1. The van der Waals surface area contributed by atoms with Crippen molar-refractivity contribution in [1.29, 1.82) is 0 Å². The van der Waals surface area contributed by atoms with Gasteiger partial charge in [-0.1, -0.05) is 0 Å². The number of imide groups is 1. The summed E-state index contributed by atoms with van der Waals surface area (Å²) < 4.78 is 5.53. The van der Waals surface area contributed by atoms with Crippen molar-refractivity contribution in [2.24, 2.45) is 4.99 Å². The molecule has 3 aliphatic rings. The first-order chi connectivity index (χ1) is 20.7. The number of nitro benzene ring substituents is 1. The van der Waals surface area contributed by atoms with E-state index in [1.54, 1.807) is 18.2 Å². The van der Waals surface area contributed by atoms with E-state index in [0.29, 0.717) is 45.9 Å². The molecular weight excluding hydrogens is 556 g/mol. The van der Waals surface area contributed by atoms with E-state index in [9.17, 15) is 29.6 Å². The Balaban J connectivity index is 1.15. The van der Waals surface area contributed by atoms with Crippen molar-refractivity contribution in [2.75, 3.05) is 38.6 Å². The second kappa shape index (κ2) is 11.4. The molecule has 0 spiro atoms. The Morgan fingerprint density at radius 1 is 1.12 bits per heavy atom. The van der Waals surface area contributed by atoms with Gasteiger partial charge in [0.05, 0.1) is 38.7 Å². The fourth-order valence-corrected chi connectivity index (χ4v) is 5.73. The van der Waals surface area contributed by atoms with Gasteiger partial charge in [-0.25, -0.2) is 0 Å². The van der Waals surface area contributed by atoms with Crippen molar-refractivity contribution < 1.29 is 24.4 Å². The van der Waals surface area contributed by atoms with Crippen LogP contribution in [0, 0.1) is 10.1 Å². The number of carbonyl (C=O) groups is 2. The minimum absolute atomic E-state index is 0.0494. The standard InChI is InChI=1S/C30H30N6O7/c1-34-10-7-18(8-11-34)35-29(39)22-12-17-13-26(33-25(17)14-23(22)30(35)40)27-24(6-9-31-28(27)38)32-15-20(37)16-43-21-4-2-19(3-5-21)36(41)42/h2-6,9,12,14,18,20,37H,7-8,10-11,13,15-16H2,1H3,(H2,31,32,38). The topological polar surface area (TPSA) is 170 Å². The van der Waals surface area contributed by atoms with Crippen molar-refractivity contribution in [3.63, 3.8) is 0 Å². The van der Waals surface area contributed by atoms with Crippen LogP contribution in [0.5, 0.6) is 5.75 Å². The minimum atomic E-state index is -0.961. The van der Waals surface area contributed by atoms with Crippen LogP contribution in [0.3, 0.4) is 0 Å². The number of piperidine rings is 1. The summed E-state index contributed by atoms with van der Waals surface area (Å²) in [5, 5.41) is 24.4. The van der Waals surface area contributed by atoms with Crippen LogP contribution in [-0.4, -0.2) is 87.8 Å². The number of rotatable bonds is 9. The Labute approximate surface area is 246 Å². The molecule has 2 amide bonds. The lowest BCUT2D eigenvalue weighted by atomic mass is 10.00. The summed E-state index contributed by atoms with van der Waals surface area (Å²) in [6.45, 7) is 1.62. The largest absolute Gasteiger partial charge is 0.491 e. The number of nitrogens with one attached hydrogen (secondary N) is 2. The van der Waals surface area contributed by atoms with Crippen LogP contribution in [-0.2, 0) is 6.42 Å². The number of anilines is 1. The Bertz CT molecular complexity index is 1690. The zero-order chi connectivity index (χ0) is 30.2. The summed E-state index contributed by atoms with van der Waals surface area (Å²) in [5.41, 5.74) is 2.81. The van der Waals surface area contributed by atoms with Gasteiger partial charge in [0.2, 0.25) is 0 Å². The zero-order valence-electron chi connectivity index (χ0n) is 23.4. The van der Waals surface area contributed by atoms with Gasteiger partial charge >= 0.3 is 0 Å². The number of nitro groups is 1. The molecule has 1 atom stereocenters. The highest BCUT2D eigenvalue weighted by Crippen LogP contribution is 2.37. The summed E-state index contributed by atoms with van der Waals surface area (Å²) in [4.78, 5) is 60.8. The van der Waals surface area contributed by atoms with Crippen LogP contribution in [0.4, 0.5) is 17.1 Å². The molecule has 3 N–H and O–H groups in total. The highest BCUT2D eigenvalue weighted by atomic mass is 16.6. The second-order valence-electron chi connectivity index (χ2n) is 11.0. The van der Waals surface area contributed by atoms with E-state index in [-0.39, 0.29) is 42.3 Å². The van der Waals surface area contributed by atoms with Gasteiger partial charge in [0.1, 0.15) is 18.5 Å². The molecule has 0 aliphatic carbocycles. The molecule has 0 saturated carbocycles. The van der Waals surface area contributed by atoms with Crippen molar-refractivity contribution >= 4 is 34.6 Å². The number of aromatic nitrogens is 1. The Morgan fingerprint density at radius 2 is 1.81 bits per heavy atom. The third-order valence-corrected chi connectivity index (χ3v) is 8.05. The molecule has 0 bridgehead atoms. The van der Waals surface area contributed by atoms with Gasteiger partial charge in [-0.2, -0.15) is 0 Å². The highest BCUT2D eigenvalue weighted by Gasteiger charge is 2.42. The Kier molecular flexibility index (Phi) is 7.50. The third-order valence-electron chi connectivity index (χ3n) is 8.05. The van der Waals surface area contributed by atoms with E-state index in [2.05, 4.69) is 20.2 Å². The van der Waals surface area contributed by atoms with Crippen LogP contribution in [0.25, 0.3) is 0 Å². The molecule has 4 heterocycles. The van der Waals surface area contributed by atoms with Crippen LogP contribution in [0.2, 0.25) is 0 Å². The van der Waals surface area contributed by atoms with Crippen molar-refractivity contribution in [3.05, 3.63) is 91.4 Å². The number of non-ortho nitro benzene ring substituents is 1. The van der Waals surface area contributed by atoms with Gasteiger partial charge in [0, 0.05) is 37.3 Å². The van der Waals surface area contributed by atoms with Gasteiger partial charge < -0.3 is 25.0 Å². The maximum Gasteiger partial charge on any atom is 0.269 e. The summed E-state index contributed by atoms with van der Waals surface area (Å²) in [5.74, 6) is -0.209. The molecular formula is C30H30N6O7. The third kappa shape index (κ3) is 5.51. The molecule has 3 aromatic rings. The molecule has 1 fully saturated rings. The number of likely N-dealkylation sites (tertiary alicyclic amines) is 1. The molecule has 13 heteroatoms. The lowest BCUT2D eigenvalue weighted by Crippen LogP contribution is -2.46. The molecule has 3 aliphatic heterocycles. The molecule has 13 nitrogen and oxygen atoms in total. The quantitative estimate of drug-likeness (QED) is 0.194. The monoisotopic (exact) mass is 586 g/mol. The first-order valence-electron chi connectivity index (χ1n) is 14.0. The number of hydrogen-bond acceptors (Lipinski definition) is 10. The van der Waals surface area contributed by atoms with Crippen LogP contribution in [0.15, 0.2) is 58.4 Å². The molecule has 2 aromatic carbocycles. The van der Waals surface area contributed by atoms with Gasteiger partial charge in [0.15, 0.2) is 0 Å². The number of amides is 2. The van der Waals surface area contributed by atoms with Crippen molar-refractivity contribution in [2.45, 2.75) is 31.4 Å². The van der Waals surface area contributed by atoms with Gasteiger partial charge in [-0.05, 0) is 68.9 Å². The number of ether oxygens (including phenoxy) is 1. The number of hydrogen-bond donors (Lipinski definition) is 3. The molecule has 1 unspecified atom stereocenters. The number of H-pyrrole nitrogens is 1. The van der Waals surface area contributed by atoms with Gasteiger partial charge in [-0.15, -0.1) is 0 Å². The lowest BCUT2D eigenvalue weighted by Gasteiger charge is -2.33. The maximum absolute atomic E-state index is 13.3. The summed E-state index contributed by atoms with van der Waals surface area (Å²) in [7, 11) is 2.03. The number of aromatic amines is 1. The second-order valence-corrected chi connectivity index (χ2v) is 11.0. The van der Waals surface area contributed by atoms with E-state index < -0.39 is 11.0 Å². The first-order valence-corrected chi connectivity index (χ1v) is 14.0. The fraction of sp³-hybridized carbons (Fsp3) is 0.333. The maximum atomic E-state index is 13.3. The number of aliphatic imine (C=N–C) groups is 1. The predicted molar refractivity (Wildman–Crippen MR) is 158 cm³/mol. The summed E-state index contributed by atoms with van der Waals surface area (Å²) >= 11 is 0. The Morgan fingerprint density at radius 3 is 2.51 bits per heavy atom. The number of aliphatic hydroxyl groups is 1. The smallest absolute Gasteiger partial charge is 0.269 e. The summed E-state index contributed by atoms with van der Waals surface area (Å²) in [6.07, 6.45) is 2.31. The van der Waals surface area contributed by atoms with E-state index in [1.807, 2.05) is 7.05 Å². The van der Waals surface area contributed by atoms with E-state index >= 15 is 0 Å². The van der Waals surface area contributed by atoms with Crippen LogP contribution in [0.1, 0.15) is 44.7 Å². The fourth-order valence-electron chi connectivity index (χ4n) is 5.73. The SMILES string of the molecule is CN1CCC(N2C(=O)c3cc4c(cc3C2=O)N=C(c2c(NCC(O)COc3ccc([N+](=O)[O-])cc3)cc[nH]c2=O)C4)CC1. The summed E-state index contributed by atoms with van der Waals surface area (Å²) in [6, 6.07) is 10.4. The van der Waals surface area contributed by atoms with Crippen molar-refractivity contribution in [3.8, 4) is 5.75 Å². The number of pyridine rings is 1. The van der Waals surface area contributed by atoms with Crippen LogP contribution >= 0.6 is 0 Å². The normalized spacial score (nSPS) is 17.4. The molecule has 1 aromatic heterocycles. The minimum Gasteiger partial charge on any atom is -0.491 e. The number of carbonyl (C=O) groups excluding carboxylic acids is 2.